The van der Waals surface area contributed by atoms with Gasteiger partial charge in [0.15, 0.2) is 0 Å². The molecule has 2 unspecified atom stereocenters. The topological polar surface area (TPSA) is 66.5 Å². The molecule has 0 radical (unpaired) electrons. The number of sulfonamides is 1. The number of piperidine rings is 1. The van der Waals surface area contributed by atoms with Crippen LogP contribution in [0.15, 0.2) is 17.5 Å². The summed E-state index contributed by atoms with van der Waals surface area (Å²) >= 11 is 1.63. The van der Waals surface area contributed by atoms with Gasteiger partial charge in [-0.2, -0.15) is 0 Å². The molecule has 2 atom stereocenters. The lowest BCUT2D eigenvalue weighted by atomic mass is 9.82. The van der Waals surface area contributed by atoms with Crippen LogP contribution in [0.2, 0.25) is 0 Å². The van der Waals surface area contributed by atoms with Crippen molar-refractivity contribution >= 4 is 27.3 Å². The monoisotopic (exact) mass is 344 g/mol. The lowest BCUT2D eigenvalue weighted by molar-refractivity contribution is -0.122. The number of thiophene rings is 1. The van der Waals surface area contributed by atoms with E-state index in [1.165, 1.54) is 6.26 Å². The second-order valence-electron chi connectivity index (χ2n) is 5.90. The lowest BCUT2D eigenvalue weighted by Crippen LogP contribution is -2.44. The average molecular weight is 345 g/mol. The maximum atomic E-state index is 12.1. The average Bonchev–Trinajstić information content (AvgIpc) is 2.97. The Kier molecular flexibility index (Phi) is 6.00. The molecule has 2 heterocycles. The molecule has 5 nitrogen and oxygen atoms in total. The summed E-state index contributed by atoms with van der Waals surface area (Å²) in [6.07, 6.45) is 3.40. The van der Waals surface area contributed by atoms with Crippen LogP contribution in [-0.2, 0) is 21.4 Å². The molecule has 1 saturated heterocycles. The first-order valence-corrected chi connectivity index (χ1v) is 10.4. The Hall–Kier alpha value is -0.920. The molecule has 7 heteroatoms. The second-order valence-corrected chi connectivity index (χ2v) is 8.91. The molecule has 0 saturated carbocycles. The first kappa shape index (κ1) is 17.4. The van der Waals surface area contributed by atoms with E-state index >= 15 is 0 Å². The smallest absolute Gasteiger partial charge is 0.220 e. The number of amides is 1. The molecule has 1 fully saturated rings. The SMILES string of the molecule is CCC1CN(S(C)(=O)=O)CCC1CC(=O)NCc1cccs1. The van der Waals surface area contributed by atoms with E-state index in [9.17, 15) is 13.2 Å². The van der Waals surface area contributed by atoms with Gasteiger partial charge in [-0.25, -0.2) is 12.7 Å². The highest BCUT2D eigenvalue weighted by Crippen LogP contribution is 2.30. The van der Waals surface area contributed by atoms with Crippen LogP contribution in [0.5, 0.6) is 0 Å². The molecule has 124 valence electrons. The van der Waals surface area contributed by atoms with Crippen molar-refractivity contribution in [2.24, 2.45) is 11.8 Å². The van der Waals surface area contributed by atoms with Crippen LogP contribution >= 0.6 is 11.3 Å². The minimum Gasteiger partial charge on any atom is -0.351 e. The third-order valence-corrected chi connectivity index (χ3v) is 6.48. The van der Waals surface area contributed by atoms with Gasteiger partial charge in [0.05, 0.1) is 12.8 Å². The molecule has 0 aromatic carbocycles. The van der Waals surface area contributed by atoms with Crippen LogP contribution < -0.4 is 5.32 Å². The van der Waals surface area contributed by atoms with Crippen LogP contribution in [0.3, 0.4) is 0 Å². The summed E-state index contributed by atoms with van der Waals surface area (Å²) < 4.78 is 24.9. The lowest BCUT2D eigenvalue weighted by Gasteiger charge is -2.36. The van der Waals surface area contributed by atoms with Crippen LogP contribution in [0, 0.1) is 11.8 Å². The van der Waals surface area contributed by atoms with Crippen LogP contribution in [0.25, 0.3) is 0 Å². The molecule has 2 rings (SSSR count). The summed E-state index contributed by atoms with van der Waals surface area (Å²) in [5.74, 6) is 0.590. The standard InChI is InChI=1S/C15H24N2O3S2/c1-3-12-11-17(22(2,19)20)7-6-13(12)9-15(18)16-10-14-5-4-8-21-14/h4-5,8,12-13H,3,6-7,9-11H2,1-2H3,(H,16,18). The quantitative estimate of drug-likeness (QED) is 0.859. The fourth-order valence-corrected chi connectivity index (χ4v) is 4.53. The van der Waals surface area contributed by atoms with Gasteiger partial charge in [-0.1, -0.05) is 19.4 Å². The highest BCUT2D eigenvalue weighted by atomic mass is 32.2. The fraction of sp³-hybridized carbons (Fsp3) is 0.667. The molecule has 1 aromatic heterocycles. The highest BCUT2D eigenvalue weighted by Gasteiger charge is 2.32. The number of carbonyl (C=O) groups is 1. The van der Waals surface area contributed by atoms with Crippen molar-refractivity contribution in [1.29, 1.82) is 0 Å². The Morgan fingerprint density at radius 3 is 2.82 bits per heavy atom. The van der Waals surface area contributed by atoms with E-state index in [2.05, 4.69) is 12.2 Å². The van der Waals surface area contributed by atoms with E-state index in [-0.39, 0.29) is 17.7 Å². The van der Waals surface area contributed by atoms with E-state index in [0.29, 0.717) is 26.1 Å². The van der Waals surface area contributed by atoms with Gasteiger partial charge in [-0.05, 0) is 29.7 Å². The second kappa shape index (κ2) is 7.57. The zero-order valence-electron chi connectivity index (χ0n) is 13.1. The van der Waals surface area contributed by atoms with Gasteiger partial charge in [0, 0.05) is 24.4 Å². The van der Waals surface area contributed by atoms with Crippen molar-refractivity contribution in [2.45, 2.75) is 32.7 Å². The Bertz CT molecular complexity index is 584. The van der Waals surface area contributed by atoms with E-state index in [0.717, 1.165) is 17.7 Å². The van der Waals surface area contributed by atoms with Crippen LogP contribution in [0.1, 0.15) is 31.1 Å². The summed E-state index contributed by atoms with van der Waals surface area (Å²) in [5, 5.41) is 4.95. The first-order chi connectivity index (χ1) is 10.4. The van der Waals surface area contributed by atoms with E-state index in [4.69, 9.17) is 0 Å². The number of nitrogens with one attached hydrogen (secondary N) is 1. The van der Waals surface area contributed by atoms with Crippen LogP contribution in [0.4, 0.5) is 0 Å². The van der Waals surface area contributed by atoms with Crippen LogP contribution in [-0.4, -0.2) is 38.0 Å². The molecule has 0 aliphatic carbocycles. The molecule has 0 bridgehead atoms. The van der Waals surface area contributed by atoms with Crippen molar-refractivity contribution < 1.29 is 13.2 Å². The van der Waals surface area contributed by atoms with Gasteiger partial charge in [0.25, 0.3) is 0 Å². The number of hydrogen-bond acceptors (Lipinski definition) is 4. The molecule has 1 aromatic rings. The minimum atomic E-state index is -3.13. The summed E-state index contributed by atoms with van der Waals surface area (Å²) in [5.41, 5.74) is 0. The highest BCUT2D eigenvalue weighted by molar-refractivity contribution is 7.88. The molecular weight excluding hydrogens is 320 g/mol. The predicted octanol–water partition coefficient (Wildman–Crippen LogP) is 2.06. The number of nitrogens with zero attached hydrogens (tertiary/aromatic N) is 1. The Morgan fingerprint density at radius 2 is 2.23 bits per heavy atom. The summed E-state index contributed by atoms with van der Waals surface area (Å²) in [6, 6.07) is 3.98. The zero-order valence-corrected chi connectivity index (χ0v) is 14.8. The largest absolute Gasteiger partial charge is 0.351 e. The normalized spacial score (nSPS) is 23.4. The summed E-state index contributed by atoms with van der Waals surface area (Å²) in [4.78, 5) is 13.3. The van der Waals surface area contributed by atoms with Gasteiger partial charge < -0.3 is 5.32 Å². The maximum absolute atomic E-state index is 12.1. The van der Waals surface area contributed by atoms with Crippen molar-refractivity contribution in [3.63, 3.8) is 0 Å². The first-order valence-electron chi connectivity index (χ1n) is 7.64. The van der Waals surface area contributed by atoms with E-state index in [1.54, 1.807) is 15.6 Å². The molecule has 1 amide bonds. The third-order valence-electron chi connectivity index (χ3n) is 4.33. The van der Waals surface area contributed by atoms with Gasteiger partial charge in [0.1, 0.15) is 0 Å². The summed E-state index contributed by atoms with van der Waals surface area (Å²) in [7, 11) is -3.13. The van der Waals surface area contributed by atoms with Gasteiger partial charge in [0.2, 0.25) is 15.9 Å². The fourth-order valence-electron chi connectivity index (χ4n) is 2.99. The molecule has 1 aliphatic rings. The molecular formula is C15H24N2O3S2. The van der Waals surface area contributed by atoms with Gasteiger partial charge in [-0.15, -0.1) is 11.3 Å². The minimum absolute atomic E-state index is 0.0599. The maximum Gasteiger partial charge on any atom is 0.220 e. The molecule has 1 N–H and O–H groups in total. The Labute approximate surface area is 136 Å². The van der Waals surface area contributed by atoms with Crippen molar-refractivity contribution in [3.8, 4) is 0 Å². The van der Waals surface area contributed by atoms with Crippen molar-refractivity contribution in [2.75, 3.05) is 19.3 Å². The van der Waals surface area contributed by atoms with E-state index in [1.807, 2.05) is 17.5 Å². The molecule has 0 spiro atoms. The predicted molar refractivity (Wildman–Crippen MR) is 89.1 cm³/mol. The zero-order chi connectivity index (χ0) is 16.2. The summed E-state index contributed by atoms with van der Waals surface area (Å²) in [6.45, 7) is 3.71. The molecule has 1 aliphatic heterocycles. The Morgan fingerprint density at radius 1 is 1.45 bits per heavy atom. The number of rotatable bonds is 6. The third kappa shape index (κ3) is 4.79. The van der Waals surface area contributed by atoms with E-state index < -0.39 is 10.0 Å². The van der Waals surface area contributed by atoms with Crippen molar-refractivity contribution in [3.05, 3.63) is 22.4 Å². The Balaban J connectivity index is 1.85. The number of carbonyl (C=O) groups excluding carboxylic acids is 1. The van der Waals surface area contributed by atoms with Crippen molar-refractivity contribution in [1.82, 2.24) is 9.62 Å². The van der Waals surface area contributed by atoms with Gasteiger partial charge >= 0.3 is 0 Å². The van der Waals surface area contributed by atoms with Gasteiger partial charge in [-0.3, -0.25) is 4.79 Å². The molecule has 22 heavy (non-hydrogen) atoms. The number of hydrogen-bond donors (Lipinski definition) is 1.